The molecule has 2 heterocycles. The fourth-order valence-corrected chi connectivity index (χ4v) is 3.71. The van der Waals surface area contributed by atoms with E-state index in [1.165, 1.54) is 0 Å². The second-order valence-corrected chi connectivity index (χ2v) is 7.57. The first-order valence-corrected chi connectivity index (χ1v) is 9.21. The van der Waals surface area contributed by atoms with Crippen LogP contribution in [0, 0.1) is 5.92 Å². The highest BCUT2D eigenvalue weighted by molar-refractivity contribution is 7.99. The van der Waals surface area contributed by atoms with E-state index in [1.807, 2.05) is 6.92 Å². The van der Waals surface area contributed by atoms with E-state index >= 15 is 0 Å². The van der Waals surface area contributed by atoms with Gasteiger partial charge in [0.05, 0.1) is 17.6 Å². The third kappa shape index (κ3) is 4.73. The van der Waals surface area contributed by atoms with Gasteiger partial charge in [0.1, 0.15) is 6.04 Å². The summed E-state index contributed by atoms with van der Waals surface area (Å²) in [6, 6.07) is -0.264. The van der Waals surface area contributed by atoms with E-state index in [4.69, 9.17) is 0 Å². The van der Waals surface area contributed by atoms with E-state index in [-0.39, 0.29) is 17.9 Å². The van der Waals surface area contributed by atoms with Gasteiger partial charge in [0, 0.05) is 25.0 Å². The predicted octanol–water partition coefficient (Wildman–Crippen LogP) is 1.88. The highest BCUT2D eigenvalue weighted by atomic mass is 32.2. The van der Waals surface area contributed by atoms with Crippen molar-refractivity contribution < 1.29 is 9.59 Å². The second kappa shape index (κ2) is 7.86. The molecular weight excluding hydrogens is 312 g/mol. The third-order valence-electron chi connectivity index (χ3n) is 3.96. The minimum Gasteiger partial charge on any atom is -0.352 e. The third-order valence-corrected chi connectivity index (χ3v) is 4.98. The lowest BCUT2D eigenvalue weighted by molar-refractivity contribution is -0.125. The molecule has 2 rings (SSSR count). The molecule has 0 aromatic carbocycles. The largest absolute Gasteiger partial charge is 0.352 e. The maximum absolute atomic E-state index is 12.6. The number of carbonyl (C=O) groups excluding carboxylic acids is 2. The molecule has 1 fully saturated rings. The molecule has 23 heavy (non-hydrogen) atoms. The molecule has 1 aliphatic rings. The van der Waals surface area contributed by atoms with Crippen LogP contribution in [0.4, 0.5) is 0 Å². The van der Waals surface area contributed by atoms with Crippen molar-refractivity contribution >= 4 is 23.6 Å². The highest BCUT2D eigenvalue weighted by Crippen LogP contribution is 2.23. The summed E-state index contributed by atoms with van der Waals surface area (Å²) in [6.45, 7) is 6.38. The fraction of sp³-hybridized carbons (Fsp3) is 0.688. The summed E-state index contributed by atoms with van der Waals surface area (Å²) >= 11 is 1.61. The summed E-state index contributed by atoms with van der Waals surface area (Å²) in [7, 11) is 1.77. The lowest BCUT2D eigenvalue weighted by Gasteiger charge is -2.24. The first-order chi connectivity index (χ1) is 10.9. The van der Waals surface area contributed by atoms with E-state index in [0.717, 1.165) is 12.8 Å². The van der Waals surface area contributed by atoms with Crippen molar-refractivity contribution in [3.05, 3.63) is 18.0 Å². The molecule has 0 bridgehead atoms. The number of aromatic nitrogens is 2. The van der Waals surface area contributed by atoms with Crippen LogP contribution >= 0.6 is 11.8 Å². The van der Waals surface area contributed by atoms with Crippen LogP contribution in [0.2, 0.25) is 0 Å². The SMILES string of the molecule is CC(C)CC[C@H](C)NC(=O)[C@@H]1CSCN1C(=O)c1cnn(C)c1. The number of rotatable bonds is 6. The predicted molar refractivity (Wildman–Crippen MR) is 92.2 cm³/mol. The van der Waals surface area contributed by atoms with Crippen LogP contribution in [-0.2, 0) is 11.8 Å². The van der Waals surface area contributed by atoms with Gasteiger partial charge in [0.25, 0.3) is 5.91 Å². The molecule has 1 saturated heterocycles. The number of aryl methyl sites for hydroxylation is 1. The van der Waals surface area contributed by atoms with Crippen molar-refractivity contribution in [2.24, 2.45) is 13.0 Å². The summed E-state index contributed by atoms with van der Waals surface area (Å²) < 4.78 is 1.60. The quantitative estimate of drug-likeness (QED) is 0.860. The van der Waals surface area contributed by atoms with Crippen LogP contribution < -0.4 is 5.32 Å². The Balaban J connectivity index is 1.95. The number of nitrogens with zero attached hydrogens (tertiary/aromatic N) is 3. The Morgan fingerprint density at radius 1 is 1.39 bits per heavy atom. The molecule has 2 amide bonds. The smallest absolute Gasteiger partial charge is 0.258 e. The van der Waals surface area contributed by atoms with E-state index in [1.54, 1.807) is 40.8 Å². The van der Waals surface area contributed by atoms with Gasteiger partial charge in [0.15, 0.2) is 0 Å². The van der Waals surface area contributed by atoms with Gasteiger partial charge in [-0.3, -0.25) is 14.3 Å². The standard InChI is InChI=1S/C16H26N4O2S/c1-11(2)5-6-12(3)18-15(21)14-9-23-10-20(14)16(22)13-7-17-19(4)8-13/h7-8,11-12,14H,5-6,9-10H2,1-4H3,(H,18,21)/t12-,14-/m0/s1. The minimum atomic E-state index is -0.394. The van der Waals surface area contributed by atoms with E-state index in [2.05, 4.69) is 24.3 Å². The van der Waals surface area contributed by atoms with E-state index in [9.17, 15) is 9.59 Å². The molecule has 0 saturated carbocycles. The summed E-state index contributed by atoms with van der Waals surface area (Å²) in [5.41, 5.74) is 0.528. The Labute approximate surface area is 142 Å². The number of hydrogen-bond acceptors (Lipinski definition) is 4. The molecule has 0 radical (unpaired) electrons. The molecule has 0 aliphatic carbocycles. The molecular formula is C16H26N4O2S. The van der Waals surface area contributed by atoms with Crippen LogP contribution in [0.15, 0.2) is 12.4 Å². The van der Waals surface area contributed by atoms with Gasteiger partial charge in [-0.15, -0.1) is 11.8 Å². The van der Waals surface area contributed by atoms with Crippen molar-refractivity contribution in [2.45, 2.75) is 45.7 Å². The van der Waals surface area contributed by atoms with Gasteiger partial charge >= 0.3 is 0 Å². The van der Waals surface area contributed by atoms with Crippen LogP contribution in [0.1, 0.15) is 44.0 Å². The number of carbonyl (C=O) groups is 2. The molecule has 0 spiro atoms. The Bertz CT molecular complexity index is 558. The maximum Gasteiger partial charge on any atom is 0.258 e. The van der Waals surface area contributed by atoms with Crippen LogP contribution in [0.3, 0.4) is 0 Å². The normalized spacial score (nSPS) is 19.2. The van der Waals surface area contributed by atoms with Gasteiger partial charge < -0.3 is 10.2 Å². The number of hydrogen-bond donors (Lipinski definition) is 1. The van der Waals surface area contributed by atoms with Crippen molar-refractivity contribution in [1.82, 2.24) is 20.0 Å². The van der Waals surface area contributed by atoms with Crippen molar-refractivity contribution in [3.63, 3.8) is 0 Å². The van der Waals surface area contributed by atoms with Gasteiger partial charge in [0.2, 0.25) is 5.91 Å². The van der Waals surface area contributed by atoms with E-state index < -0.39 is 6.04 Å². The number of amides is 2. The van der Waals surface area contributed by atoms with Crippen LogP contribution in [0.5, 0.6) is 0 Å². The zero-order chi connectivity index (χ0) is 17.0. The second-order valence-electron chi connectivity index (χ2n) is 6.57. The molecule has 7 heteroatoms. The lowest BCUT2D eigenvalue weighted by Crippen LogP contribution is -2.49. The molecule has 1 N–H and O–H groups in total. The molecule has 1 aromatic heterocycles. The minimum absolute atomic E-state index is 0.0523. The van der Waals surface area contributed by atoms with E-state index in [0.29, 0.717) is 23.1 Å². The fourth-order valence-electron chi connectivity index (χ4n) is 2.55. The van der Waals surface area contributed by atoms with Gasteiger partial charge in [-0.2, -0.15) is 5.10 Å². The topological polar surface area (TPSA) is 67.2 Å². The first kappa shape index (κ1) is 17.8. The number of thioether (sulfide) groups is 1. The average molecular weight is 338 g/mol. The van der Waals surface area contributed by atoms with Crippen molar-refractivity contribution in [3.8, 4) is 0 Å². The van der Waals surface area contributed by atoms with Crippen molar-refractivity contribution in [1.29, 1.82) is 0 Å². The summed E-state index contributed by atoms with van der Waals surface area (Å²) in [4.78, 5) is 26.7. The molecule has 128 valence electrons. The van der Waals surface area contributed by atoms with Gasteiger partial charge in [-0.1, -0.05) is 13.8 Å². The zero-order valence-electron chi connectivity index (χ0n) is 14.3. The van der Waals surface area contributed by atoms with Gasteiger partial charge in [-0.25, -0.2) is 0 Å². The summed E-state index contributed by atoms with van der Waals surface area (Å²) in [6.07, 6.45) is 5.27. The Morgan fingerprint density at radius 2 is 2.13 bits per heavy atom. The average Bonchev–Trinajstić information content (AvgIpc) is 3.13. The summed E-state index contributed by atoms with van der Waals surface area (Å²) in [5.74, 6) is 1.64. The maximum atomic E-state index is 12.6. The first-order valence-electron chi connectivity index (χ1n) is 8.06. The molecule has 2 atom stereocenters. The van der Waals surface area contributed by atoms with Crippen LogP contribution in [-0.4, -0.2) is 50.2 Å². The molecule has 6 nitrogen and oxygen atoms in total. The molecule has 0 unspecified atom stereocenters. The zero-order valence-corrected chi connectivity index (χ0v) is 15.1. The Morgan fingerprint density at radius 3 is 2.74 bits per heavy atom. The Kier molecular flexibility index (Phi) is 6.10. The Hall–Kier alpha value is -1.50. The van der Waals surface area contributed by atoms with Crippen LogP contribution in [0.25, 0.3) is 0 Å². The molecule has 1 aliphatic heterocycles. The van der Waals surface area contributed by atoms with Crippen molar-refractivity contribution in [2.75, 3.05) is 11.6 Å². The number of nitrogens with one attached hydrogen (secondary N) is 1. The van der Waals surface area contributed by atoms with Gasteiger partial charge in [-0.05, 0) is 25.7 Å². The summed E-state index contributed by atoms with van der Waals surface area (Å²) in [5, 5.41) is 7.08. The lowest BCUT2D eigenvalue weighted by atomic mass is 10.0. The monoisotopic (exact) mass is 338 g/mol. The molecule has 1 aromatic rings. The highest BCUT2D eigenvalue weighted by Gasteiger charge is 2.35.